The van der Waals surface area contributed by atoms with Crippen molar-refractivity contribution in [1.29, 1.82) is 0 Å². The highest BCUT2D eigenvalue weighted by molar-refractivity contribution is 7.99. The Labute approximate surface area is 122 Å². The van der Waals surface area contributed by atoms with Gasteiger partial charge in [0.15, 0.2) is 0 Å². The van der Waals surface area contributed by atoms with E-state index >= 15 is 0 Å². The maximum absolute atomic E-state index is 4.11. The molecule has 1 heteroatoms. The molecule has 0 nitrogen and oxygen atoms in total. The summed E-state index contributed by atoms with van der Waals surface area (Å²) >= 11 is 2.33. The molecule has 0 aliphatic heterocycles. The third-order valence-electron chi connectivity index (χ3n) is 6.94. The Hall–Kier alpha value is 0.0900. The fourth-order valence-electron chi connectivity index (χ4n) is 6.44. The van der Waals surface area contributed by atoms with Crippen LogP contribution in [0.2, 0.25) is 0 Å². The highest BCUT2D eigenvalue weighted by Gasteiger charge is 2.63. The minimum absolute atomic E-state index is 0.881. The van der Waals surface area contributed by atoms with E-state index < -0.39 is 0 Å². The van der Waals surface area contributed by atoms with Crippen LogP contribution in [0.15, 0.2) is 12.7 Å². The Morgan fingerprint density at radius 3 is 2.63 bits per heavy atom. The van der Waals surface area contributed by atoms with Gasteiger partial charge in [0.1, 0.15) is 0 Å². The van der Waals surface area contributed by atoms with E-state index in [0.29, 0.717) is 0 Å². The molecule has 0 heterocycles. The number of hydrogen-bond donors (Lipinski definition) is 0. The van der Waals surface area contributed by atoms with Crippen LogP contribution in [0.4, 0.5) is 0 Å². The molecular weight excluding hydrogens is 248 g/mol. The van der Waals surface area contributed by atoms with E-state index in [2.05, 4.69) is 31.3 Å². The Morgan fingerprint density at radius 1 is 1.05 bits per heavy atom. The van der Waals surface area contributed by atoms with E-state index in [1.807, 2.05) is 0 Å². The van der Waals surface area contributed by atoms with E-state index in [1.165, 1.54) is 25.0 Å². The molecule has 19 heavy (non-hydrogen) atoms. The Bertz CT molecular complexity index is 363. The molecule has 0 saturated heterocycles. The summed E-state index contributed by atoms with van der Waals surface area (Å²) in [6, 6.07) is 0. The molecule has 0 N–H and O–H groups in total. The van der Waals surface area contributed by atoms with Crippen molar-refractivity contribution in [2.45, 2.75) is 50.7 Å². The quantitative estimate of drug-likeness (QED) is 0.387. The monoisotopic (exact) mass is 276 g/mol. The van der Waals surface area contributed by atoms with Gasteiger partial charge >= 0.3 is 0 Å². The van der Waals surface area contributed by atoms with Crippen LogP contribution >= 0.6 is 11.8 Å². The second-order valence-corrected chi connectivity index (χ2v) is 8.95. The van der Waals surface area contributed by atoms with Crippen LogP contribution < -0.4 is 0 Å². The Balaban J connectivity index is 1.47. The second-order valence-electron chi connectivity index (χ2n) is 7.61. The molecule has 0 aromatic carbocycles. The standard InChI is InChI=1S/C18H28S/c1-3-5-6-19-16-10-13-9-15(16)18-14-8-12(17(13)18)7-11(14)4-2/h4,11-18H,2-3,5-10H2,1H3/t11-,12-,13+,14-,15-,16+,17?,18?/m1/s1. The first kappa shape index (κ1) is 12.8. The highest BCUT2D eigenvalue weighted by atomic mass is 32.2. The van der Waals surface area contributed by atoms with Crippen LogP contribution in [-0.4, -0.2) is 11.0 Å². The SMILES string of the molecule is C=C[C@@H]1C[C@@H]2C[C@H]1C1C2[C@@H]2C[C@H](SCCCC)[C@H]1C2. The third-order valence-corrected chi connectivity index (χ3v) is 8.44. The Morgan fingerprint density at radius 2 is 1.84 bits per heavy atom. The van der Waals surface area contributed by atoms with Gasteiger partial charge in [-0.15, -0.1) is 6.58 Å². The number of rotatable bonds is 5. The Kier molecular flexibility index (Phi) is 3.25. The molecule has 0 radical (unpaired) electrons. The first-order valence-corrected chi connectivity index (χ1v) is 9.62. The van der Waals surface area contributed by atoms with Crippen molar-refractivity contribution in [2.24, 2.45) is 41.4 Å². The maximum atomic E-state index is 4.11. The van der Waals surface area contributed by atoms with Gasteiger partial charge in [-0.1, -0.05) is 19.4 Å². The van der Waals surface area contributed by atoms with Crippen LogP contribution in [0.3, 0.4) is 0 Å². The second kappa shape index (κ2) is 4.83. The van der Waals surface area contributed by atoms with Crippen LogP contribution in [-0.2, 0) is 0 Å². The molecular formula is C18H28S. The molecule has 4 aliphatic carbocycles. The molecule has 4 fully saturated rings. The van der Waals surface area contributed by atoms with E-state index in [0.717, 1.165) is 46.7 Å². The predicted octanol–water partition coefficient (Wildman–Crippen LogP) is 5.00. The summed E-state index contributed by atoms with van der Waals surface area (Å²) in [6.45, 7) is 6.43. The fraction of sp³-hybridized carbons (Fsp3) is 0.889. The van der Waals surface area contributed by atoms with E-state index in [9.17, 15) is 0 Å². The maximum Gasteiger partial charge on any atom is 0.00810 e. The number of thioether (sulfide) groups is 1. The first-order valence-electron chi connectivity index (χ1n) is 8.57. The molecule has 0 aromatic rings. The largest absolute Gasteiger partial charge is 0.158 e. The van der Waals surface area contributed by atoms with Gasteiger partial charge in [0.05, 0.1) is 0 Å². The molecule has 106 valence electrons. The smallest absolute Gasteiger partial charge is 0.00810 e. The van der Waals surface area contributed by atoms with Gasteiger partial charge in [-0.05, 0) is 79.3 Å². The summed E-state index contributed by atoms with van der Waals surface area (Å²) in [6.07, 6.45) is 11.3. The topological polar surface area (TPSA) is 0 Å². The molecule has 0 aromatic heterocycles. The molecule has 2 unspecified atom stereocenters. The number of hydrogen-bond acceptors (Lipinski definition) is 1. The van der Waals surface area contributed by atoms with Crippen molar-refractivity contribution in [2.75, 3.05) is 5.75 Å². The van der Waals surface area contributed by atoms with Crippen molar-refractivity contribution in [3.63, 3.8) is 0 Å². The summed E-state index contributed by atoms with van der Waals surface area (Å²) in [5, 5.41) is 1.03. The number of fused-ring (bicyclic) bond motifs is 9. The molecule has 8 atom stereocenters. The van der Waals surface area contributed by atoms with Gasteiger partial charge in [-0.25, -0.2) is 0 Å². The van der Waals surface area contributed by atoms with Gasteiger partial charge in [0, 0.05) is 5.25 Å². The summed E-state index contributed by atoms with van der Waals surface area (Å²) in [4.78, 5) is 0. The summed E-state index contributed by atoms with van der Waals surface area (Å²) in [5.74, 6) is 8.90. The molecule has 0 amide bonds. The lowest BCUT2D eigenvalue weighted by atomic mass is 9.67. The number of unbranched alkanes of at least 4 members (excludes halogenated alkanes) is 1. The molecule has 0 spiro atoms. The highest BCUT2D eigenvalue weighted by Crippen LogP contribution is 2.70. The molecule has 4 saturated carbocycles. The van der Waals surface area contributed by atoms with E-state index in [-0.39, 0.29) is 0 Å². The minimum Gasteiger partial charge on any atom is -0.158 e. The molecule has 4 rings (SSSR count). The van der Waals surface area contributed by atoms with Crippen LogP contribution in [0.1, 0.15) is 45.4 Å². The zero-order chi connectivity index (χ0) is 13.0. The zero-order valence-corrected chi connectivity index (χ0v) is 13.1. The minimum atomic E-state index is 0.881. The summed E-state index contributed by atoms with van der Waals surface area (Å²) < 4.78 is 0. The van der Waals surface area contributed by atoms with Crippen molar-refractivity contribution in [3.05, 3.63) is 12.7 Å². The van der Waals surface area contributed by atoms with Gasteiger partial charge < -0.3 is 0 Å². The lowest BCUT2D eigenvalue weighted by Gasteiger charge is -2.41. The van der Waals surface area contributed by atoms with Crippen molar-refractivity contribution in [1.82, 2.24) is 0 Å². The first-order chi connectivity index (χ1) is 9.33. The van der Waals surface area contributed by atoms with Crippen molar-refractivity contribution >= 4 is 11.8 Å². The lowest BCUT2D eigenvalue weighted by Crippen LogP contribution is -2.36. The van der Waals surface area contributed by atoms with Crippen LogP contribution in [0, 0.1) is 41.4 Å². The van der Waals surface area contributed by atoms with E-state index in [4.69, 9.17) is 0 Å². The van der Waals surface area contributed by atoms with E-state index in [1.54, 1.807) is 19.3 Å². The van der Waals surface area contributed by atoms with Gasteiger partial charge in [-0.2, -0.15) is 11.8 Å². The average Bonchev–Trinajstić information content (AvgIpc) is 3.15. The molecule has 4 bridgehead atoms. The lowest BCUT2D eigenvalue weighted by molar-refractivity contribution is 0.125. The summed E-state index contributed by atoms with van der Waals surface area (Å²) in [5.41, 5.74) is 0. The average molecular weight is 276 g/mol. The molecule has 4 aliphatic rings. The van der Waals surface area contributed by atoms with Crippen molar-refractivity contribution in [3.8, 4) is 0 Å². The van der Waals surface area contributed by atoms with Gasteiger partial charge in [-0.3, -0.25) is 0 Å². The predicted molar refractivity (Wildman–Crippen MR) is 84.2 cm³/mol. The van der Waals surface area contributed by atoms with Gasteiger partial charge in [0.2, 0.25) is 0 Å². The normalized spacial score (nSPS) is 53.7. The number of allylic oxidation sites excluding steroid dienone is 1. The van der Waals surface area contributed by atoms with Crippen LogP contribution in [0.5, 0.6) is 0 Å². The zero-order valence-electron chi connectivity index (χ0n) is 12.3. The van der Waals surface area contributed by atoms with Crippen molar-refractivity contribution < 1.29 is 0 Å². The third kappa shape index (κ3) is 1.79. The van der Waals surface area contributed by atoms with Crippen LogP contribution in [0.25, 0.3) is 0 Å². The summed E-state index contributed by atoms with van der Waals surface area (Å²) in [7, 11) is 0. The fourth-order valence-corrected chi connectivity index (χ4v) is 8.12. The van der Waals surface area contributed by atoms with Gasteiger partial charge in [0.25, 0.3) is 0 Å².